The van der Waals surface area contributed by atoms with Gasteiger partial charge in [0.05, 0.1) is 12.1 Å². The van der Waals surface area contributed by atoms with E-state index >= 15 is 0 Å². The van der Waals surface area contributed by atoms with Crippen molar-refractivity contribution in [3.63, 3.8) is 0 Å². The van der Waals surface area contributed by atoms with Gasteiger partial charge in [0.25, 0.3) is 5.91 Å². The molecule has 1 aromatic rings. The van der Waals surface area contributed by atoms with Crippen LogP contribution < -0.4 is 5.32 Å². The van der Waals surface area contributed by atoms with Crippen LogP contribution in [0.5, 0.6) is 0 Å². The molecule has 3 saturated heterocycles. The molecule has 39 heavy (non-hydrogen) atoms. The number of carbonyl (C=O) groups excluding carboxylic acids is 3. The normalized spacial score (nSPS) is 27.3. The van der Waals surface area contributed by atoms with E-state index in [1.165, 1.54) is 10.5 Å². The van der Waals surface area contributed by atoms with Crippen LogP contribution in [0.25, 0.3) is 10.4 Å². The van der Waals surface area contributed by atoms with Gasteiger partial charge in [-0.25, -0.2) is 0 Å². The number of ether oxygens (including phenoxy) is 1. The molecule has 210 valence electrons. The third-order valence-corrected chi connectivity index (χ3v) is 9.22. The lowest BCUT2D eigenvalue weighted by Gasteiger charge is -2.35. The second-order valence-electron chi connectivity index (χ2n) is 11.8. The van der Waals surface area contributed by atoms with Gasteiger partial charge in [-0.05, 0) is 87.7 Å². The van der Waals surface area contributed by atoms with Crippen LogP contribution in [0, 0.1) is 5.92 Å². The zero-order valence-electron chi connectivity index (χ0n) is 23.0. The van der Waals surface area contributed by atoms with E-state index in [0.717, 1.165) is 58.0 Å². The van der Waals surface area contributed by atoms with Gasteiger partial charge in [-0.15, -0.1) is 0 Å². The molecule has 1 saturated carbocycles. The Labute approximate surface area is 230 Å². The predicted octanol–water partition coefficient (Wildman–Crippen LogP) is 3.81. The molecule has 0 aromatic heterocycles. The summed E-state index contributed by atoms with van der Waals surface area (Å²) in [7, 11) is 0. The van der Waals surface area contributed by atoms with Crippen LogP contribution in [-0.4, -0.2) is 83.9 Å². The molecule has 4 fully saturated rings. The fourth-order valence-corrected chi connectivity index (χ4v) is 6.93. The van der Waals surface area contributed by atoms with Crippen LogP contribution in [-0.2, 0) is 14.3 Å². The topological polar surface area (TPSA) is 128 Å². The molecule has 0 bridgehead atoms. The van der Waals surface area contributed by atoms with Crippen molar-refractivity contribution in [1.29, 1.82) is 0 Å². The maximum absolute atomic E-state index is 13.9. The number of nitrogens with zero attached hydrogens (tertiary/aromatic N) is 5. The first-order chi connectivity index (χ1) is 18.9. The van der Waals surface area contributed by atoms with Gasteiger partial charge in [-0.1, -0.05) is 36.5 Å². The fraction of sp³-hybridized carbons (Fsp3) is 0.690. The number of hydrogen-bond acceptors (Lipinski definition) is 6. The summed E-state index contributed by atoms with van der Waals surface area (Å²) < 4.78 is 5.59. The first-order valence-electron chi connectivity index (χ1n) is 14.5. The molecule has 10 heteroatoms. The molecule has 3 aliphatic heterocycles. The van der Waals surface area contributed by atoms with Crippen molar-refractivity contribution in [2.24, 2.45) is 11.0 Å². The van der Waals surface area contributed by atoms with Gasteiger partial charge in [-0.2, -0.15) is 0 Å². The van der Waals surface area contributed by atoms with Gasteiger partial charge in [0.2, 0.25) is 5.91 Å². The van der Waals surface area contributed by atoms with Crippen LogP contribution in [0.3, 0.4) is 0 Å². The Hall–Kier alpha value is -2.94. The zero-order valence-corrected chi connectivity index (χ0v) is 23.0. The Morgan fingerprint density at radius 1 is 1.08 bits per heavy atom. The lowest BCUT2D eigenvalue weighted by molar-refractivity contribution is -0.139. The summed E-state index contributed by atoms with van der Waals surface area (Å²) in [5.41, 5.74) is 10.8. The Morgan fingerprint density at radius 3 is 2.41 bits per heavy atom. The minimum atomic E-state index is -0.766. The first kappa shape index (κ1) is 27.6. The summed E-state index contributed by atoms with van der Waals surface area (Å²) in [6.45, 7) is 6.66. The van der Waals surface area contributed by atoms with Crippen molar-refractivity contribution in [3.05, 3.63) is 45.8 Å². The molecule has 10 nitrogen and oxygen atoms in total. The quantitative estimate of drug-likeness (QED) is 0.322. The van der Waals surface area contributed by atoms with E-state index in [2.05, 4.69) is 34.1 Å². The average Bonchev–Trinajstić information content (AvgIpc) is 3.52. The summed E-state index contributed by atoms with van der Waals surface area (Å²) in [5.74, 6) is -0.265. The molecule has 0 unspecified atom stereocenters. The molecule has 1 N–H and O–H groups in total. The number of rotatable bonds is 7. The smallest absolute Gasteiger partial charge is 0.251 e. The maximum atomic E-state index is 13.9. The number of Topliss-reactive ketones (excluding diaryl/α,β-unsaturated/α-hetero) is 1. The van der Waals surface area contributed by atoms with Crippen molar-refractivity contribution in [2.75, 3.05) is 26.2 Å². The SMILES string of the molecule is CC(C)N1CCC(c2ccc(C(=O)N[C@H](C(=O)N3C[C@@H](N=[N+]=[N-])[C@H]4OCC(=O)[C@H]43)C3CCCCC3)cc2)CC1. The minimum Gasteiger partial charge on any atom is -0.367 e. The van der Waals surface area contributed by atoms with Crippen LogP contribution >= 0.6 is 0 Å². The second kappa shape index (κ2) is 12.1. The molecule has 0 radical (unpaired) electrons. The molecule has 1 aromatic carbocycles. The molecule has 2 amide bonds. The number of piperidine rings is 1. The third-order valence-electron chi connectivity index (χ3n) is 9.22. The van der Waals surface area contributed by atoms with Crippen molar-refractivity contribution >= 4 is 17.6 Å². The molecule has 0 spiro atoms. The molecular formula is C29H40N6O4. The van der Waals surface area contributed by atoms with Gasteiger partial charge in [0.15, 0.2) is 5.78 Å². The highest BCUT2D eigenvalue weighted by atomic mass is 16.5. The van der Waals surface area contributed by atoms with Crippen molar-refractivity contribution in [1.82, 2.24) is 15.1 Å². The van der Waals surface area contributed by atoms with Gasteiger partial charge in [-0.3, -0.25) is 14.4 Å². The molecule has 4 atom stereocenters. The number of hydrogen-bond donors (Lipinski definition) is 1. The predicted molar refractivity (Wildman–Crippen MR) is 146 cm³/mol. The summed E-state index contributed by atoms with van der Waals surface area (Å²) in [4.78, 5) is 46.9. The summed E-state index contributed by atoms with van der Waals surface area (Å²) in [5, 5.41) is 6.84. The van der Waals surface area contributed by atoms with Crippen LogP contribution in [0.15, 0.2) is 29.4 Å². The van der Waals surface area contributed by atoms with Crippen LogP contribution in [0.4, 0.5) is 0 Å². The first-order valence-corrected chi connectivity index (χ1v) is 14.5. The van der Waals surface area contributed by atoms with Crippen molar-refractivity contribution in [2.45, 2.75) is 95.0 Å². The van der Waals surface area contributed by atoms with Gasteiger partial charge < -0.3 is 19.9 Å². The van der Waals surface area contributed by atoms with E-state index in [9.17, 15) is 14.4 Å². The Bertz CT molecular complexity index is 1100. The number of carbonyl (C=O) groups is 3. The summed E-state index contributed by atoms with van der Waals surface area (Å²) in [6.07, 6.45) is 6.41. The lowest BCUT2D eigenvalue weighted by atomic mass is 9.83. The molecule has 3 heterocycles. The van der Waals surface area contributed by atoms with Gasteiger partial charge in [0.1, 0.15) is 18.7 Å². The number of ketones is 1. The van der Waals surface area contributed by atoms with E-state index in [1.54, 1.807) is 0 Å². The molecule has 5 rings (SSSR count). The second-order valence-corrected chi connectivity index (χ2v) is 11.8. The molecule has 4 aliphatic rings. The highest BCUT2D eigenvalue weighted by molar-refractivity contribution is 5.99. The lowest BCUT2D eigenvalue weighted by Crippen LogP contribution is -2.55. The fourth-order valence-electron chi connectivity index (χ4n) is 6.93. The van der Waals surface area contributed by atoms with Gasteiger partial charge >= 0.3 is 0 Å². The summed E-state index contributed by atoms with van der Waals surface area (Å²) >= 11 is 0. The van der Waals surface area contributed by atoms with E-state index in [0.29, 0.717) is 17.5 Å². The number of likely N-dealkylation sites (tertiary alicyclic amines) is 2. The number of benzene rings is 1. The minimum absolute atomic E-state index is 0.00462. The van der Waals surface area contributed by atoms with Crippen LogP contribution in [0.2, 0.25) is 0 Å². The third kappa shape index (κ3) is 5.83. The Balaban J connectivity index is 1.30. The van der Waals surface area contributed by atoms with Crippen molar-refractivity contribution < 1.29 is 19.1 Å². The number of azide groups is 1. The summed E-state index contributed by atoms with van der Waals surface area (Å²) in [6, 6.07) is 6.26. The van der Waals surface area contributed by atoms with E-state index < -0.39 is 24.2 Å². The van der Waals surface area contributed by atoms with Gasteiger partial charge in [0, 0.05) is 23.1 Å². The number of fused-ring (bicyclic) bond motifs is 1. The average molecular weight is 537 g/mol. The largest absolute Gasteiger partial charge is 0.367 e. The highest BCUT2D eigenvalue weighted by Gasteiger charge is 2.53. The van der Waals surface area contributed by atoms with E-state index in [4.69, 9.17) is 10.3 Å². The highest BCUT2D eigenvalue weighted by Crippen LogP contribution is 2.34. The molecular weight excluding hydrogens is 496 g/mol. The zero-order chi connectivity index (χ0) is 27.5. The molecule has 1 aliphatic carbocycles. The Morgan fingerprint density at radius 2 is 1.77 bits per heavy atom. The number of nitrogens with one attached hydrogen (secondary N) is 1. The monoisotopic (exact) mass is 536 g/mol. The van der Waals surface area contributed by atoms with E-state index in [1.807, 2.05) is 24.3 Å². The van der Waals surface area contributed by atoms with Crippen molar-refractivity contribution in [3.8, 4) is 0 Å². The number of amides is 2. The maximum Gasteiger partial charge on any atom is 0.251 e. The standard InChI is InChI=1S/C29H40N6O4/c1-18(2)34-14-12-20(13-15-34)19-8-10-22(11-9-19)28(37)31-25(21-6-4-3-5-7-21)29(38)35-16-23(32-33-30)27-26(35)24(36)17-39-27/h8-11,18,20-21,23,25-27H,3-7,12-17H2,1-2H3,(H,31,37)/t23-,25+,26-,27-/m1/s1. The Kier molecular flexibility index (Phi) is 8.54. The van der Waals surface area contributed by atoms with E-state index in [-0.39, 0.29) is 36.7 Å². The van der Waals surface area contributed by atoms with Crippen LogP contribution in [0.1, 0.15) is 80.6 Å².